The Bertz CT molecular complexity index is 282. The quantitative estimate of drug-likeness (QED) is 0.710. The average Bonchev–Trinajstić information content (AvgIpc) is 2.71. The molecule has 0 bridgehead atoms. The summed E-state index contributed by atoms with van der Waals surface area (Å²) in [6.07, 6.45) is 4.14. The lowest BCUT2D eigenvalue weighted by atomic mass is 10.1. The summed E-state index contributed by atoms with van der Waals surface area (Å²) >= 11 is 0. The number of nitrogens with zero attached hydrogens (tertiary/aromatic N) is 1. The van der Waals surface area contributed by atoms with Crippen LogP contribution >= 0.6 is 0 Å². The van der Waals surface area contributed by atoms with Gasteiger partial charge < -0.3 is 10.4 Å². The lowest BCUT2D eigenvalue weighted by molar-refractivity contribution is 0.281. The summed E-state index contributed by atoms with van der Waals surface area (Å²) in [6, 6.07) is 4.22. The molecule has 2 heterocycles. The van der Waals surface area contributed by atoms with Crippen LogP contribution in [0.1, 0.15) is 30.1 Å². The van der Waals surface area contributed by atoms with Gasteiger partial charge >= 0.3 is 0 Å². The van der Waals surface area contributed by atoms with Crippen LogP contribution < -0.4 is 5.32 Å². The molecule has 3 heteroatoms. The molecule has 1 aromatic heterocycles. The molecule has 0 unspecified atom stereocenters. The highest BCUT2D eigenvalue weighted by molar-refractivity contribution is 5.18. The Kier molecular flexibility index (Phi) is 2.57. The first-order valence-electron chi connectivity index (χ1n) is 4.69. The Labute approximate surface area is 77.8 Å². The van der Waals surface area contributed by atoms with Crippen LogP contribution in [0, 0.1) is 0 Å². The van der Waals surface area contributed by atoms with Gasteiger partial charge in [0.15, 0.2) is 0 Å². The summed E-state index contributed by atoms with van der Waals surface area (Å²) in [5.41, 5.74) is 2.00. The van der Waals surface area contributed by atoms with Crippen molar-refractivity contribution in [1.29, 1.82) is 0 Å². The first-order chi connectivity index (χ1) is 6.40. The van der Waals surface area contributed by atoms with Crippen molar-refractivity contribution in [3.8, 4) is 0 Å². The summed E-state index contributed by atoms with van der Waals surface area (Å²) in [4.78, 5) is 4.30. The maximum Gasteiger partial charge on any atom is 0.0683 e. The van der Waals surface area contributed by atoms with Crippen LogP contribution in [0.5, 0.6) is 0 Å². The number of nitrogens with one attached hydrogen (secondary N) is 1. The third kappa shape index (κ3) is 1.87. The van der Waals surface area contributed by atoms with Gasteiger partial charge in [0, 0.05) is 12.2 Å². The summed E-state index contributed by atoms with van der Waals surface area (Å²) in [5.74, 6) is 0. The molecule has 70 valence electrons. The second-order valence-corrected chi connectivity index (χ2v) is 3.40. The van der Waals surface area contributed by atoms with Crippen molar-refractivity contribution in [2.45, 2.75) is 25.5 Å². The monoisotopic (exact) mass is 178 g/mol. The fourth-order valence-corrected chi connectivity index (χ4v) is 1.72. The zero-order valence-corrected chi connectivity index (χ0v) is 7.53. The minimum atomic E-state index is 0.0994. The molecule has 2 N–H and O–H groups in total. The second kappa shape index (κ2) is 3.85. The van der Waals surface area contributed by atoms with Crippen LogP contribution in [0.3, 0.4) is 0 Å². The van der Waals surface area contributed by atoms with Crippen LogP contribution in [-0.4, -0.2) is 16.6 Å². The third-order valence-corrected chi connectivity index (χ3v) is 2.45. The predicted octanol–water partition coefficient (Wildman–Crippen LogP) is 0.998. The normalized spacial score (nSPS) is 22.1. The standard InChI is InChI=1S/C10H14N2O/c13-7-8-3-5-12-10(6-8)9-2-1-4-11-9/h3,5-6,9,11,13H,1-2,4,7H2/t9-/m0/s1. The Morgan fingerprint density at radius 2 is 2.54 bits per heavy atom. The molecule has 0 aliphatic carbocycles. The van der Waals surface area contributed by atoms with Gasteiger partial charge in [0.05, 0.1) is 12.3 Å². The molecule has 0 aromatic carbocycles. The number of aliphatic hydroxyl groups excluding tert-OH is 1. The number of aliphatic hydroxyl groups is 1. The molecule has 3 nitrogen and oxygen atoms in total. The Balaban J connectivity index is 2.18. The number of rotatable bonds is 2. The molecule has 1 aromatic rings. The van der Waals surface area contributed by atoms with Crippen LogP contribution in [-0.2, 0) is 6.61 Å². The fraction of sp³-hybridized carbons (Fsp3) is 0.500. The van der Waals surface area contributed by atoms with Gasteiger partial charge in [-0.2, -0.15) is 0 Å². The van der Waals surface area contributed by atoms with Crippen LogP contribution in [0.15, 0.2) is 18.3 Å². The van der Waals surface area contributed by atoms with E-state index in [-0.39, 0.29) is 6.61 Å². The molecule has 13 heavy (non-hydrogen) atoms. The largest absolute Gasteiger partial charge is 0.392 e. The Morgan fingerprint density at radius 3 is 3.23 bits per heavy atom. The van der Waals surface area contributed by atoms with E-state index < -0.39 is 0 Å². The van der Waals surface area contributed by atoms with E-state index in [0.29, 0.717) is 6.04 Å². The van der Waals surface area contributed by atoms with Gasteiger partial charge in [0.25, 0.3) is 0 Å². The summed E-state index contributed by atoms with van der Waals surface area (Å²) < 4.78 is 0. The van der Waals surface area contributed by atoms with Crippen LogP contribution in [0.2, 0.25) is 0 Å². The van der Waals surface area contributed by atoms with E-state index in [1.807, 2.05) is 12.1 Å². The summed E-state index contributed by atoms with van der Waals surface area (Å²) in [6.45, 7) is 1.18. The highest BCUT2D eigenvalue weighted by Crippen LogP contribution is 2.21. The first-order valence-corrected chi connectivity index (χ1v) is 4.69. The maximum absolute atomic E-state index is 8.96. The molecule has 2 rings (SSSR count). The highest BCUT2D eigenvalue weighted by atomic mass is 16.3. The SMILES string of the molecule is OCc1ccnc([C@@H]2CCCN2)c1. The van der Waals surface area contributed by atoms with Crippen molar-refractivity contribution in [1.82, 2.24) is 10.3 Å². The molecule has 0 saturated carbocycles. The minimum absolute atomic E-state index is 0.0994. The zero-order chi connectivity index (χ0) is 9.10. The van der Waals surface area contributed by atoms with E-state index in [1.54, 1.807) is 6.20 Å². The zero-order valence-electron chi connectivity index (χ0n) is 7.53. The lowest BCUT2D eigenvalue weighted by Crippen LogP contribution is -2.14. The van der Waals surface area contributed by atoms with Crippen molar-refractivity contribution in [2.75, 3.05) is 6.54 Å². The molecule has 0 radical (unpaired) electrons. The number of hydrogen-bond donors (Lipinski definition) is 2. The van der Waals surface area contributed by atoms with E-state index in [4.69, 9.17) is 5.11 Å². The first kappa shape index (κ1) is 8.66. The molecule has 0 amide bonds. The third-order valence-electron chi connectivity index (χ3n) is 2.45. The maximum atomic E-state index is 8.96. The van der Waals surface area contributed by atoms with Gasteiger partial charge in [-0.3, -0.25) is 4.98 Å². The van der Waals surface area contributed by atoms with Crippen molar-refractivity contribution >= 4 is 0 Å². The molecule has 0 spiro atoms. The molecular weight excluding hydrogens is 164 g/mol. The number of pyridine rings is 1. The van der Waals surface area contributed by atoms with Gasteiger partial charge in [0.2, 0.25) is 0 Å². The Hall–Kier alpha value is -0.930. The number of hydrogen-bond acceptors (Lipinski definition) is 3. The molecule has 1 atom stereocenters. The molecule has 1 aliphatic rings. The van der Waals surface area contributed by atoms with E-state index in [2.05, 4.69) is 10.3 Å². The van der Waals surface area contributed by atoms with Gasteiger partial charge in [-0.25, -0.2) is 0 Å². The fourth-order valence-electron chi connectivity index (χ4n) is 1.72. The van der Waals surface area contributed by atoms with Gasteiger partial charge in [-0.15, -0.1) is 0 Å². The van der Waals surface area contributed by atoms with E-state index >= 15 is 0 Å². The van der Waals surface area contributed by atoms with Crippen molar-refractivity contribution < 1.29 is 5.11 Å². The smallest absolute Gasteiger partial charge is 0.0683 e. The van der Waals surface area contributed by atoms with Crippen molar-refractivity contribution in [3.05, 3.63) is 29.6 Å². The topological polar surface area (TPSA) is 45.2 Å². The van der Waals surface area contributed by atoms with Crippen molar-refractivity contribution in [2.24, 2.45) is 0 Å². The summed E-state index contributed by atoms with van der Waals surface area (Å²) in [5, 5.41) is 12.3. The minimum Gasteiger partial charge on any atom is -0.392 e. The van der Waals surface area contributed by atoms with E-state index in [1.165, 1.54) is 6.42 Å². The molecule has 1 saturated heterocycles. The predicted molar refractivity (Wildman–Crippen MR) is 50.1 cm³/mol. The molecule has 1 fully saturated rings. The van der Waals surface area contributed by atoms with E-state index in [9.17, 15) is 0 Å². The van der Waals surface area contributed by atoms with Crippen molar-refractivity contribution in [3.63, 3.8) is 0 Å². The van der Waals surface area contributed by atoms with E-state index in [0.717, 1.165) is 24.2 Å². The average molecular weight is 178 g/mol. The number of aromatic nitrogens is 1. The van der Waals surface area contributed by atoms with Crippen LogP contribution in [0.25, 0.3) is 0 Å². The second-order valence-electron chi connectivity index (χ2n) is 3.40. The van der Waals surface area contributed by atoms with Gasteiger partial charge in [-0.1, -0.05) is 0 Å². The van der Waals surface area contributed by atoms with Gasteiger partial charge in [-0.05, 0) is 37.1 Å². The highest BCUT2D eigenvalue weighted by Gasteiger charge is 2.16. The Morgan fingerprint density at radius 1 is 1.62 bits per heavy atom. The molecule has 1 aliphatic heterocycles. The van der Waals surface area contributed by atoms with Crippen LogP contribution in [0.4, 0.5) is 0 Å². The summed E-state index contributed by atoms with van der Waals surface area (Å²) in [7, 11) is 0. The lowest BCUT2D eigenvalue weighted by Gasteiger charge is -2.09. The molecular formula is C10H14N2O. The van der Waals surface area contributed by atoms with Gasteiger partial charge in [0.1, 0.15) is 0 Å².